The zero-order valence-electron chi connectivity index (χ0n) is 12.3. The van der Waals surface area contributed by atoms with Crippen LogP contribution in [0.3, 0.4) is 0 Å². The van der Waals surface area contributed by atoms with Crippen LogP contribution in [0.15, 0.2) is 24.3 Å². The van der Waals surface area contributed by atoms with Gasteiger partial charge < -0.3 is 4.74 Å². The van der Waals surface area contributed by atoms with Gasteiger partial charge in [-0.25, -0.2) is 0 Å². The SMILES string of the molecule is CC1CCC(C(COc2cccc(Cl)c2)NN)CC1C. The van der Waals surface area contributed by atoms with Crippen LogP contribution in [-0.2, 0) is 0 Å². The van der Waals surface area contributed by atoms with Crippen LogP contribution in [0.25, 0.3) is 0 Å². The lowest BCUT2D eigenvalue weighted by atomic mass is 9.73. The average Bonchev–Trinajstić information content (AvgIpc) is 2.43. The number of hydrazine groups is 1. The monoisotopic (exact) mass is 296 g/mol. The van der Waals surface area contributed by atoms with E-state index >= 15 is 0 Å². The highest BCUT2D eigenvalue weighted by Crippen LogP contribution is 2.35. The van der Waals surface area contributed by atoms with E-state index in [0.717, 1.165) is 17.6 Å². The topological polar surface area (TPSA) is 47.3 Å². The molecule has 0 bridgehead atoms. The molecule has 0 aliphatic heterocycles. The molecule has 4 atom stereocenters. The van der Waals surface area contributed by atoms with Gasteiger partial charge in [0.1, 0.15) is 12.4 Å². The van der Waals surface area contributed by atoms with Crippen LogP contribution < -0.4 is 16.0 Å². The second-order valence-corrected chi connectivity index (χ2v) is 6.51. The van der Waals surface area contributed by atoms with E-state index in [2.05, 4.69) is 19.3 Å². The van der Waals surface area contributed by atoms with Gasteiger partial charge in [0.25, 0.3) is 0 Å². The molecule has 4 heteroatoms. The fourth-order valence-electron chi connectivity index (χ4n) is 3.02. The third-order valence-corrected chi connectivity index (χ3v) is 4.88. The third kappa shape index (κ3) is 4.11. The summed E-state index contributed by atoms with van der Waals surface area (Å²) in [6.45, 7) is 5.26. The first-order valence-electron chi connectivity index (χ1n) is 7.44. The maximum absolute atomic E-state index is 5.96. The summed E-state index contributed by atoms with van der Waals surface area (Å²) in [4.78, 5) is 0. The minimum absolute atomic E-state index is 0.198. The van der Waals surface area contributed by atoms with Gasteiger partial charge in [-0.15, -0.1) is 0 Å². The van der Waals surface area contributed by atoms with Crippen molar-refractivity contribution < 1.29 is 4.74 Å². The Balaban J connectivity index is 1.89. The predicted molar refractivity (Wildman–Crippen MR) is 83.7 cm³/mol. The molecule has 112 valence electrons. The molecule has 20 heavy (non-hydrogen) atoms. The Hall–Kier alpha value is -0.770. The van der Waals surface area contributed by atoms with Crippen LogP contribution in [0.1, 0.15) is 33.1 Å². The molecule has 0 saturated heterocycles. The van der Waals surface area contributed by atoms with E-state index < -0.39 is 0 Å². The van der Waals surface area contributed by atoms with Crippen molar-refractivity contribution in [1.82, 2.24) is 5.43 Å². The van der Waals surface area contributed by atoms with Gasteiger partial charge in [-0.05, 0) is 48.8 Å². The molecule has 4 unspecified atom stereocenters. The maximum atomic E-state index is 5.96. The Labute approximate surface area is 126 Å². The normalized spacial score (nSPS) is 28.1. The van der Waals surface area contributed by atoms with Crippen LogP contribution in [0.4, 0.5) is 0 Å². The van der Waals surface area contributed by atoms with Crippen molar-refractivity contribution in [2.24, 2.45) is 23.6 Å². The number of nitrogens with one attached hydrogen (secondary N) is 1. The van der Waals surface area contributed by atoms with Gasteiger partial charge in [0, 0.05) is 5.02 Å². The van der Waals surface area contributed by atoms with Gasteiger partial charge >= 0.3 is 0 Å². The summed E-state index contributed by atoms with van der Waals surface area (Å²) in [5, 5.41) is 0.694. The lowest BCUT2D eigenvalue weighted by Gasteiger charge is -2.36. The van der Waals surface area contributed by atoms with E-state index in [1.165, 1.54) is 19.3 Å². The summed E-state index contributed by atoms with van der Waals surface area (Å²) in [6, 6.07) is 7.69. The third-order valence-electron chi connectivity index (χ3n) is 4.65. The van der Waals surface area contributed by atoms with Crippen molar-refractivity contribution in [3.8, 4) is 5.75 Å². The van der Waals surface area contributed by atoms with E-state index in [4.69, 9.17) is 22.2 Å². The Kier molecular flexibility index (Phi) is 5.70. The van der Waals surface area contributed by atoms with Crippen molar-refractivity contribution in [2.75, 3.05) is 6.61 Å². The van der Waals surface area contributed by atoms with Gasteiger partial charge in [0.2, 0.25) is 0 Å². The number of halogens is 1. The zero-order chi connectivity index (χ0) is 14.5. The molecule has 1 aromatic carbocycles. The molecule has 3 N–H and O–H groups in total. The van der Waals surface area contributed by atoms with E-state index in [9.17, 15) is 0 Å². The largest absolute Gasteiger partial charge is 0.492 e. The molecule has 0 amide bonds. The Morgan fingerprint density at radius 1 is 1.35 bits per heavy atom. The zero-order valence-corrected chi connectivity index (χ0v) is 13.1. The molecular weight excluding hydrogens is 272 g/mol. The second-order valence-electron chi connectivity index (χ2n) is 6.07. The Morgan fingerprint density at radius 2 is 2.15 bits per heavy atom. The first kappa shape index (κ1) is 15.6. The molecule has 1 saturated carbocycles. The van der Waals surface area contributed by atoms with Gasteiger partial charge in [0.15, 0.2) is 0 Å². The molecule has 1 fully saturated rings. The number of hydrogen-bond acceptors (Lipinski definition) is 3. The van der Waals surface area contributed by atoms with Gasteiger partial charge in [-0.1, -0.05) is 37.9 Å². The smallest absolute Gasteiger partial charge is 0.120 e. The van der Waals surface area contributed by atoms with Crippen LogP contribution in [0.5, 0.6) is 5.75 Å². The highest BCUT2D eigenvalue weighted by Gasteiger charge is 2.30. The molecule has 3 nitrogen and oxygen atoms in total. The summed E-state index contributed by atoms with van der Waals surface area (Å²) in [5.41, 5.74) is 2.93. The minimum Gasteiger partial charge on any atom is -0.492 e. The van der Waals surface area contributed by atoms with Crippen molar-refractivity contribution in [2.45, 2.75) is 39.2 Å². The average molecular weight is 297 g/mol. The molecule has 0 heterocycles. The molecule has 0 spiro atoms. The number of rotatable bonds is 5. The van der Waals surface area contributed by atoms with Crippen molar-refractivity contribution in [3.05, 3.63) is 29.3 Å². The highest BCUT2D eigenvalue weighted by atomic mass is 35.5. The lowest BCUT2D eigenvalue weighted by molar-refractivity contribution is 0.137. The molecule has 0 radical (unpaired) electrons. The van der Waals surface area contributed by atoms with Gasteiger partial charge in [-0.3, -0.25) is 11.3 Å². The molecule has 1 aliphatic rings. The molecule has 1 aliphatic carbocycles. The highest BCUT2D eigenvalue weighted by molar-refractivity contribution is 6.30. The number of nitrogens with two attached hydrogens (primary N) is 1. The maximum Gasteiger partial charge on any atom is 0.120 e. The molecule has 0 aromatic heterocycles. The van der Waals surface area contributed by atoms with E-state index in [1.807, 2.05) is 24.3 Å². The summed E-state index contributed by atoms with van der Waals surface area (Å²) in [7, 11) is 0. The van der Waals surface area contributed by atoms with Crippen LogP contribution in [0.2, 0.25) is 5.02 Å². The first-order chi connectivity index (χ1) is 9.60. The Morgan fingerprint density at radius 3 is 2.80 bits per heavy atom. The molecular formula is C16H25ClN2O. The second kappa shape index (κ2) is 7.30. The van der Waals surface area contributed by atoms with Gasteiger partial charge in [0.05, 0.1) is 6.04 Å². The van der Waals surface area contributed by atoms with Gasteiger partial charge in [-0.2, -0.15) is 0 Å². The fourth-order valence-corrected chi connectivity index (χ4v) is 3.20. The lowest BCUT2D eigenvalue weighted by Crippen LogP contribution is -2.46. The summed E-state index contributed by atoms with van der Waals surface area (Å²) >= 11 is 5.96. The van der Waals surface area contributed by atoms with E-state index in [1.54, 1.807) is 0 Å². The van der Waals surface area contributed by atoms with E-state index in [0.29, 0.717) is 17.5 Å². The van der Waals surface area contributed by atoms with Crippen molar-refractivity contribution in [3.63, 3.8) is 0 Å². The van der Waals surface area contributed by atoms with Crippen LogP contribution in [-0.4, -0.2) is 12.6 Å². The quantitative estimate of drug-likeness (QED) is 0.644. The minimum atomic E-state index is 0.198. The number of hydrogen-bond donors (Lipinski definition) is 2. The Bertz CT molecular complexity index is 427. The van der Waals surface area contributed by atoms with Crippen molar-refractivity contribution >= 4 is 11.6 Å². The predicted octanol–water partition coefficient (Wildman–Crippen LogP) is 3.62. The van der Waals surface area contributed by atoms with Crippen LogP contribution in [0, 0.1) is 17.8 Å². The summed E-state index contributed by atoms with van der Waals surface area (Å²) in [5.74, 6) is 8.69. The molecule has 1 aromatic rings. The summed E-state index contributed by atoms with van der Waals surface area (Å²) in [6.07, 6.45) is 3.72. The fraction of sp³-hybridized carbons (Fsp3) is 0.625. The number of ether oxygens (including phenoxy) is 1. The summed E-state index contributed by atoms with van der Waals surface area (Å²) < 4.78 is 5.83. The van der Waals surface area contributed by atoms with Crippen molar-refractivity contribution in [1.29, 1.82) is 0 Å². The molecule has 2 rings (SSSR count). The number of benzene rings is 1. The van der Waals surface area contributed by atoms with E-state index in [-0.39, 0.29) is 6.04 Å². The standard InChI is InChI=1S/C16H25ClN2O/c1-11-6-7-13(8-12(11)2)16(19-18)10-20-15-5-3-4-14(17)9-15/h3-5,9,11-13,16,19H,6-8,10,18H2,1-2H3. The first-order valence-corrected chi connectivity index (χ1v) is 7.82. The van der Waals surface area contributed by atoms with Crippen LogP contribution >= 0.6 is 11.6 Å².